The maximum atomic E-state index is 12.6. The summed E-state index contributed by atoms with van der Waals surface area (Å²) in [6.07, 6.45) is 7.77. The maximum absolute atomic E-state index is 12.6. The Morgan fingerprint density at radius 3 is 2.64 bits per heavy atom. The minimum Gasteiger partial charge on any atom is -0.348 e. The number of sulfone groups is 1. The highest BCUT2D eigenvalue weighted by molar-refractivity contribution is 7.90. The van der Waals surface area contributed by atoms with Crippen LogP contribution in [0.4, 0.5) is 5.82 Å². The van der Waals surface area contributed by atoms with Crippen LogP contribution in [0.3, 0.4) is 0 Å². The summed E-state index contributed by atoms with van der Waals surface area (Å²) in [5, 5.41) is 2.80. The van der Waals surface area contributed by atoms with E-state index >= 15 is 0 Å². The number of H-pyrrole nitrogens is 1. The molecule has 28 heavy (non-hydrogen) atoms. The summed E-state index contributed by atoms with van der Waals surface area (Å²) >= 11 is 0. The molecular formula is C21H29N3O3S. The van der Waals surface area contributed by atoms with Crippen LogP contribution in [-0.2, 0) is 9.84 Å². The van der Waals surface area contributed by atoms with E-state index < -0.39 is 15.7 Å². The normalized spacial score (nSPS) is 16.2. The van der Waals surface area contributed by atoms with E-state index in [0.29, 0.717) is 11.7 Å². The highest BCUT2D eigenvalue weighted by Crippen LogP contribution is 2.30. The number of benzene rings is 1. The van der Waals surface area contributed by atoms with Gasteiger partial charge in [-0.3, -0.25) is 4.79 Å². The number of hydrogen-bond donors (Lipinski definition) is 2. The lowest BCUT2D eigenvalue weighted by Gasteiger charge is -2.31. The van der Waals surface area contributed by atoms with Gasteiger partial charge in [-0.05, 0) is 68.6 Å². The van der Waals surface area contributed by atoms with Gasteiger partial charge in [-0.15, -0.1) is 0 Å². The third-order valence-corrected chi connectivity index (χ3v) is 6.53. The van der Waals surface area contributed by atoms with Crippen LogP contribution in [0, 0.1) is 0 Å². The zero-order valence-corrected chi connectivity index (χ0v) is 17.4. The molecule has 0 bridgehead atoms. The van der Waals surface area contributed by atoms with Crippen LogP contribution in [0.1, 0.15) is 54.4 Å². The number of rotatable bonds is 7. The number of carbonyl (C=O) groups is 1. The molecule has 0 radical (unpaired) electrons. The Bertz CT molecular complexity index is 912. The highest BCUT2D eigenvalue weighted by Gasteiger charge is 2.22. The molecule has 1 amide bonds. The van der Waals surface area contributed by atoms with Crippen molar-refractivity contribution in [3.05, 3.63) is 47.7 Å². The predicted molar refractivity (Wildman–Crippen MR) is 112 cm³/mol. The molecule has 1 aromatic carbocycles. The van der Waals surface area contributed by atoms with Crippen LogP contribution in [0.15, 0.2) is 41.4 Å². The van der Waals surface area contributed by atoms with Gasteiger partial charge < -0.3 is 15.2 Å². The number of anilines is 1. The molecule has 1 aliphatic heterocycles. The summed E-state index contributed by atoms with van der Waals surface area (Å²) < 4.78 is 23.8. The number of aromatic nitrogens is 1. The van der Waals surface area contributed by atoms with Gasteiger partial charge in [-0.2, -0.15) is 0 Å². The summed E-state index contributed by atoms with van der Waals surface area (Å²) in [7, 11) is -3.47. The van der Waals surface area contributed by atoms with Crippen molar-refractivity contribution in [3.63, 3.8) is 0 Å². The van der Waals surface area contributed by atoms with Gasteiger partial charge in [0.15, 0.2) is 9.84 Å². The zero-order chi connectivity index (χ0) is 20.1. The van der Waals surface area contributed by atoms with E-state index in [1.54, 1.807) is 12.1 Å². The molecule has 0 aliphatic carbocycles. The quantitative estimate of drug-likeness (QED) is 0.739. The molecule has 3 rings (SSSR count). The summed E-state index contributed by atoms with van der Waals surface area (Å²) in [5.41, 5.74) is 1.35. The van der Waals surface area contributed by atoms with Crippen LogP contribution in [0.5, 0.6) is 0 Å². The topological polar surface area (TPSA) is 82.3 Å². The summed E-state index contributed by atoms with van der Waals surface area (Å²) in [6, 6.07) is 8.23. The first kappa shape index (κ1) is 20.6. The summed E-state index contributed by atoms with van der Waals surface area (Å²) in [4.78, 5) is 18.3. The number of aromatic amines is 1. The minimum absolute atomic E-state index is 0.0405. The van der Waals surface area contributed by atoms with Crippen LogP contribution < -0.4 is 5.32 Å². The summed E-state index contributed by atoms with van der Waals surface area (Å²) in [6.45, 7) is 5.62. The fourth-order valence-corrected chi connectivity index (χ4v) is 4.64. The SMILES string of the molecule is CCCCN1CCC(c2c[nH]c(NC(=O)c3ccccc3S(C)(=O)=O)c2)CC1. The second-order valence-corrected chi connectivity index (χ2v) is 9.52. The first-order chi connectivity index (χ1) is 13.4. The Labute approximate surface area is 167 Å². The lowest BCUT2D eigenvalue weighted by Crippen LogP contribution is -2.33. The summed E-state index contributed by atoms with van der Waals surface area (Å²) in [5.74, 6) is 0.656. The number of nitrogens with zero attached hydrogens (tertiary/aromatic N) is 1. The lowest BCUT2D eigenvalue weighted by atomic mass is 9.91. The fourth-order valence-electron chi connectivity index (χ4n) is 3.76. The average Bonchev–Trinajstić information content (AvgIpc) is 3.14. The van der Waals surface area contributed by atoms with Crippen LogP contribution >= 0.6 is 0 Å². The van der Waals surface area contributed by atoms with Gasteiger partial charge in [0.1, 0.15) is 5.82 Å². The monoisotopic (exact) mass is 403 g/mol. The van der Waals surface area contributed by atoms with E-state index in [9.17, 15) is 13.2 Å². The van der Waals surface area contributed by atoms with Crippen LogP contribution in [0.25, 0.3) is 0 Å². The van der Waals surface area contributed by atoms with Gasteiger partial charge in [0.25, 0.3) is 5.91 Å². The Hall–Kier alpha value is -2.12. The molecule has 0 unspecified atom stereocenters. The highest BCUT2D eigenvalue weighted by atomic mass is 32.2. The molecule has 1 aliphatic rings. The van der Waals surface area contributed by atoms with Crippen molar-refractivity contribution < 1.29 is 13.2 Å². The van der Waals surface area contributed by atoms with E-state index in [2.05, 4.69) is 22.1 Å². The molecule has 2 N–H and O–H groups in total. The first-order valence-electron chi connectivity index (χ1n) is 9.89. The molecule has 0 atom stereocenters. The molecule has 6 nitrogen and oxygen atoms in total. The Balaban J connectivity index is 1.64. The van der Waals surface area contributed by atoms with E-state index in [1.807, 2.05) is 12.3 Å². The molecule has 152 valence electrons. The van der Waals surface area contributed by atoms with E-state index in [4.69, 9.17) is 0 Å². The second-order valence-electron chi connectivity index (χ2n) is 7.54. The molecular weight excluding hydrogens is 374 g/mol. The van der Waals surface area contributed by atoms with Gasteiger partial charge in [0.05, 0.1) is 10.5 Å². The van der Waals surface area contributed by atoms with Crippen molar-refractivity contribution in [1.82, 2.24) is 9.88 Å². The van der Waals surface area contributed by atoms with Gasteiger partial charge >= 0.3 is 0 Å². The van der Waals surface area contributed by atoms with Crippen molar-refractivity contribution in [2.75, 3.05) is 31.2 Å². The number of carbonyl (C=O) groups excluding carboxylic acids is 1. The van der Waals surface area contributed by atoms with Gasteiger partial charge in [-0.1, -0.05) is 25.5 Å². The van der Waals surface area contributed by atoms with Crippen molar-refractivity contribution in [2.45, 2.75) is 43.4 Å². The van der Waals surface area contributed by atoms with Crippen molar-refractivity contribution in [3.8, 4) is 0 Å². The average molecular weight is 404 g/mol. The minimum atomic E-state index is -3.47. The number of amides is 1. The molecule has 1 fully saturated rings. The number of unbranched alkanes of at least 4 members (excludes halogenated alkanes) is 1. The Morgan fingerprint density at radius 2 is 1.96 bits per heavy atom. The zero-order valence-electron chi connectivity index (χ0n) is 16.6. The maximum Gasteiger partial charge on any atom is 0.258 e. The fraction of sp³-hybridized carbons (Fsp3) is 0.476. The Morgan fingerprint density at radius 1 is 1.25 bits per heavy atom. The largest absolute Gasteiger partial charge is 0.348 e. The smallest absolute Gasteiger partial charge is 0.258 e. The predicted octanol–water partition coefficient (Wildman–Crippen LogP) is 3.65. The van der Waals surface area contributed by atoms with Gasteiger partial charge in [0.2, 0.25) is 0 Å². The van der Waals surface area contributed by atoms with E-state index in [-0.39, 0.29) is 10.5 Å². The number of hydrogen-bond acceptors (Lipinski definition) is 4. The Kier molecular flexibility index (Phi) is 6.57. The first-order valence-corrected chi connectivity index (χ1v) is 11.8. The number of nitrogens with one attached hydrogen (secondary N) is 2. The van der Waals surface area contributed by atoms with Crippen LogP contribution in [-0.4, -0.2) is 50.1 Å². The van der Waals surface area contributed by atoms with Crippen molar-refractivity contribution in [2.24, 2.45) is 0 Å². The molecule has 2 aromatic rings. The van der Waals surface area contributed by atoms with Crippen LogP contribution in [0.2, 0.25) is 0 Å². The van der Waals surface area contributed by atoms with Gasteiger partial charge in [0, 0.05) is 12.5 Å². The molecule has 7 heteroatoms. The van der Waals surface area contributed by atoms with E-state index in [0.717, 1.165) is 32.2 Å². The molecule has 1 aromatic heterocycles. The number of piperidine rings is 1. The third kappa shape index (κ3) is 5.02. The second kappa shape index (κ2) is 8.92. The van der Waals surface area contributed by atoms with Crippen molar-refractivity contribution in [1.29, 1.82) is 0 Å². The third-order valence-electron chi connectivity index (χ3n) is 5.37. The molecule has 0 spiro atoms. The molecule has 0 saturated carbocycles. The lowest BCUT2D eigenvalue weighted by molar-refractivity contribution is 0.102. The standard InChI is InChI=1S/C21H29N3O3S/c1-3-4-11-24-12-9-16(10-13-24)17-14-20(22-15-17)23-21(25)18-7-5-6-8-19(18)28(2,26)27/h5-8,14-16,22H,3-4,9-13H2,1-2H3,(H,23,25). The molecule has 2 heterocycles. The van der Waals surface area contributed by atoms with Gasteiger partial charge in [-0.25, -0.2) is 8.42 Å². The molecule has 1 saturated heterocycles. The van der Waals surface area contributed by atoms with E-state index in [1.165, 1.54) is 37.1 Å². The van der Waals surface area contributed by atoms with Crippen molar-refractivity contribution >= 4 is 21.6 Å². The number of likely N-dealkylation sites (tertiary alicyclic amines) is 1.